The van der Waals surface area contributed by atoms with E-state index in [1.54, 1.807) is 0 Å². The first kappa shape index (κ1) is 24.6. The molecule has 0 saturated carbocycles. The van der Waals surface area contributed by atoms with Crippen LogP contribution in [-0.4, -0.2) is 59.4 Å². The van der Waals surface area contributed by atoms with Gasteiger partial charge in [-0.25, -0.2) is 18.5 Å². The second kappa shape index (κ2) is 8.85. The zero-order valence-electron chi connectivity index (χ0n) is 13.8. The van der Waals surface area contributed by atoms with E-state index < -0.39 is 64.8 Å². The highest BCUT2D eigenvalue weighted by molar-refractivity contribution is 8.44. The van der Waals surface area contributed by atoms with Gasteiger partial charge in [0.25, 0.3) is 5.56 Å². The number of phosphoric acid groups is 2. The highest BCUT2D eigenvalue weighted by atomic mass is 32.7. The summed E-state index contributed by atoms with van der Waals surface area (Å²) in [6.07, 6.45) is -5.58. The molecule has 1 saturated heterocycles. The molecule has 1 aromatic rings. The van der Waals surface area contributed by atoms with Crippen LogP contribution in [0.3, 0.4) is 0 Å². The number of nitrogens with one attached hydrogen (secondary N) is 1. The van der Waals surface area contributed by atoms with Crippen LogP contribution < -0.4 is 11.2 Å². The van der Waals surface area contributed by atoms with E-state index in [-0.39, 0.29) is 0 Å². The van der Waals surface area contributed by atoms with Crippen molar-refractivity contribution in [3.63, 3.8) is 0 Å². The van der Waals surface area contributed by atoms with Gasteiger partial charge in [-0.3, -0.25) is 18.9 Å². The third kappa shape index (κ3) is 6.94. The number of thiol groups is 1. The molecule has 2 heterocycles. The molecule has 0 spiro atoms. The van der Waals surface area contributed by atoms with E-state index in [0.717, 1.165) is 16.8 Å². The molecule has 1 aliphatic heterocycles. The van der Waals surface area contributed by atoms with E-state index in [0.29, 0.717) is 0 Å². The molecule has 2 rings (SSSR count). The number of ether oxygens (including phenoxy) is 1. The maximum absolute atomic E-state index is 11.8. The molecule has 0 bridgehead atoms. The van der Waals surface area contributed by atoms with Gasteiger partial charge < -0.3 is 29.6 Å². The largest absolute Gasteiger partial charge is 0.488 e. The van der Waals surface area contributed by atoms with Crippen molar-refractivity contribution in [3.05, 3.63) is 33.1 Å². The quantitative estimate of drug-likeness (QED) is 0.158. The van der Waals surface area contributed by atoms with Crippen molar-refractivity contribution in [2.45, 2.75) is 24.5 Å². The topological polar surface area (TPSA) is 244 Å². The molecule has 5 unspecified atom stereocenters. The van der Waals surface area contributed by atoms with Crippen LogP contribution in [0.1, 0.15) is 6.23 Å². The number of aliphatic hydroxyl groups excluding tert-OH is 2. The Morgan fingerprint density at radius 2 is 1.72 bits per heavy atom. The Morgan fingerprint density at radius 1 is 1.10 bits per heavy atom. The second-order valence-corrected chi connectivity index (χ2v) is 11.4. The highest BCUT2D eigenvalue weighted by Gasteiger charge is 2.46. The zero-order valence-corrected chi connectivity index (χ0v) is 17.4. The Bertz CT molecular complexity index is 1000. The van der Waals surface area contributed by atoms with Crippen LogP contribution in [0, 0.1) is 0 Å². The molecule has 1 aromatic heterocycles. The molecule has 0 aliphatic carbocycles. The lowest BCUT2D eigenvalue weighted by Crippen LogP contribution is -2.37. The van der Waals surface area contributed by atoms with Gasteiger partial charge >= 0.3 is 28.1 Å². The Kier molecular flexibility index (Phi) is 7.51. The van der Waals surface area contributed by atoms with Crippen molar-refractivity contribution in [3.8, 4) is 0 Å². The minimum atomic E-state index is -5.55. The Balaban J connectivity index is 2.06. The highest BCUT2D eigenvalue weighted by Crippen LogP contribution is 2.68. The lowest BCUT2D eigenvalue weighted by molar-refractivity contribution is -0.0542. The molecule has 20 heteroatoms. The first-order valence-electron chi connectivity index (χ1n) is 7.22. The molecule has 0 aromatic carbocycles. The summed E-state index contributed by atoms with van der Waals surface area (Å²) in [4.78, 5) is 52.0. The lowest BCUT2D eigenvalue weighted by Gasteiger charge is -2.19. The van der Waals surface area contributed by atoms with E-state index in [4.69, 9.17) is 14.5 Å². The van der Waals surface area contributed by atoms with E-state index in [2.05, 4.69) is 25.4 Å². The van der Waals surface area contributed by atoms with E-state index in [9.17, 15) is 38.4 Å². The van der Waals surface area contributed by atoms with Crippen molar-refractivity contribution in [2.75, 3.05) is 6.61 Å². The van der Waals surface area contributed by atoms with Crippen LogP contribution in [0.4, 0.5) is 0 Å². The average Bonchev–Trinajstić information content (AvgIpc) is 2.78. The fourth-order valence-corrected chi connectivity index (χ4v) is 6.06. The summed E-state index contributed by atoms with van der Waals surface area (Å²) >= 11 is 2.94. The van der Waals surface area contributed by atoms with E-state index in [1.807, 2.05) is 4.98 Å². The van der Waals surface area contributed by atoms with E-state index in [1.165, 1.54) is 0 Å². The zero-order chi connectivity index (χ0) is 22.2. The Morgan fingerprint density at radius 3 is 2.28 bits per heavy atom. The summed E-state index contributed by atoms with van der Waals surface area (Å²) in [6.45, 7) is -5.87. The molecule has 29 heavy (non-hydrogen) atoms. The number of hydrogen-bond acceptors (Lipinski definition) is 11. The second-order valence-electron chi connectivity index (χ2n) is 5.45. The fraction of sp³-hybridized carbons (Fsp3) is 0.556. The minimum absolute atomic E-state index is 0.728. The van der Waals surface area contributed by atoms with Gasteiger partial charge in [0.2, 0.25) is 0 Å². The van der Waals surface area contributed by atoms with Gasteiger partial charge in [0.1, 0.15) is 18.3 Å². The minimum Gasteiger partial charge on any atom is -0.387 e. The lowest BCUT2D eigenvalue weighted by atomic mass is 10.1. The molecule has 1 aliphatic rings. The molecule has 0 radical (unpaired) electrons. The number of aliphatic hydroxyl groups is 2. The molecular weight excluding hydrogens is 485 g/mol. The van der Waals surface area contributed by atoms with Crippen molar-refractivity contribution >= 4 is 34.7 Å². The summed E-state index contributed by atoms with van der Waals surface area (Å²) < 4.78 is 51.6. The Hall–Kier alpha value is -0.640. The maximum Gasteiger partial charge on any atom is 0.488 e. The first-order valence-corrected chi connectivity index (χ1v) is 12.9. The van der Waals surface area contributed by atoms with Gasteiger partial charge in [-0.2, -0.15) is 8.62 Å². The van der Waals surface area contributed by atoms with Gasteiger partial charge in [-0.05, 0) is 0 Å². The van der Waals surface area contributed by atoms with Gasteiger partial charge in [-0.15, -0.1) is 0 Å². The summed E-state index contributed by atoms with van der Waals surface area (Å²) in [5.41, 5.74) is -1.72. The third-order valence-electron chi connectivity index (χ3n) is 3.28. The average molecular weight is 500 g/mol. The van der Waals surface area contributed by atoms with Crippen molar-refractivity contribution in [1.82, 2.24) is 9.55 Å². The van der Waals surface area contributed by atoms with Crippen LogP contribution in [-0.2, 0) is 31.6 Å². The number of hydrogen-bond donors (Lipinski definition) is 7. The van der Waals surface area contributed by atoms with E-state index >= 15 is 0 Å². The number of phosphoric ester groups is 1. The standard InChI is InChI=1S/C9H15N2O14P3S/c12-5-1-2-11(9(15)10-5)8-7(14)6(13)4(23-8)3-22-26(16,17)24-27(18,19)25-28(20,21)29/h1-2,4,6-8,13-14H,3H2,(H,16,17)(H,18,19)(H,10,12,15)(H2,20,21,29)/t4-,6?,7?,8-/m0/s1. The van der Waals surface area contributed by atoms with Crippen LogP contribution in [0.15, 0.2) is 21.9 Å². The van der Waals surface area contributed by atoms with Crippen molar-refractivity contribution in [1.29, 1.82) is 0 Å². The predicted molar refractivity (Wildman–Crippen MR) is 93.8 cm³/mol. The van der Waals surface area contributed by atoms with Gasteiger partial charge in [0.15, 0.2) is 6.23 Å². The third-order valence-corrected chi connectivity index (χ3v) is 7.74. The van der Waals surface area contributed by atoms with Gasteiger partial charge in [0.05, 0.1) is 6.61 Å². The maximum atomic E-state index is 11.8. The van der Waals surface area contributed by atoms with Gasteiger partial charge in [0, 0.05) is 12.3 Å². The molecule has 16 nitrogen and oxygen atoms in total. The van der Waals surface area contributed by atoms with Crippen LogP contribution >= 0.6 is 34.7 Å². The predicted octanol–water partition coefficient (Wildman–Crippen LogP) is -1.56. The summed E-state index contributed by atoms with van der Waals surface area (Å²) in [5.74, 6) is 0. The van der Waals surface area contributed by atoms with Gasteiger partial charge in [-0.1, -0.05) is 12.2 Å². The smallest absolute Gasteiger partial charge is 0.387 e. The molecule has 166 valence electrons. The fourth-order valence-electron chi connectivity index (χ4n) is 2.20. The summed E-state index contributed by atoms with van der Waals surface area (Å²) in [6, 6.07) is 0.934. The molecule has 1 fully saturated rings. The number of aromatic amines is 1. The summed E-state index contributed by atoms with van der Waals surface area (Å²) in [5, 5.41) is 20.0. The van der Waals surface area contributed by atoms with Crippen molar-refractivity contribution < 1.29 is 56.5 Å². The molecule has 0 amide bonds. The first-order chi connectivity index (χ1) is 13.1. The van der Waals surface area contributed by atoms with Crippen LogP contribution in [0.5, 0.6) is 0 Å². The molecular formula is C9H15N2O14P3S. The number of rotatable bonds is 8. The van der Waals surface area contributed by atoms with Crippen molar-refractivity contribution in [2.24, 2.45) is 0 Å². The monoisotopic (exact) mass is 500 g/mol. The number of H-pyrrole nitrogens is 1. The normalized spacial score (nSPS) is 31.0. The Labute approximate surface area is 165 Å². The molecule has 6 N–H and O–H groups in total. The van der Waals surface area contributed by atoms with Crippen LogP contribution in [0.25, 0.3) is 0 Å². The summed E-state index contributed by atoms with van der Waals surface area (Å²) in [7, 11) is -11.0. The van der Waals surface area contributed by atoms with Crippen LogP contribution in [0.2, 0.25) is 0 Å². The number of aromatic nitrogens is 2. The number of nitrogens with zero attached hydrogens (tertiary/aromatic N) is 1. The molecule has 7 atom stereocenters. The SMILES string of the molecule is O=c1ccn([C@H]2O[C@@H](COP(=O)(O)OP(=O)(O)OP(=O)(O)S)C(O)C2O)c(=O)[nH]1.